The van der Waals surface area contributed by atoms with E-state index < -0.39 is 54.6 Å². The first-order chi connectivity index (χ1) is 26.0. The number of halogens is 3. The van der Waals surface area contributed by atoms with Gasteiger partial charge in [-0.15, -0.1) is 0 Å². The molecule has 1 saturated heterocycles. The van der Waals surface area contributed by atoms with Crippen LogP contribution in [-0.2, 0) is 32.1 Å². The summed E-state index contributed by atoms with van der Waals surface area (Å²) >= 11 is 0. The predicted molar refractivity (Wildman–Crippen MR) is 194 cm³/mol. The highest BCUT2D eigenvalue weighted by Gasteiger charge is 2.51. The molecule has 1 unspecified atom stereocenters. The molecule has 0 radical (unpaired) electrons. The molecule has 55 heavy (non-hydrogen) atoms. The van der Waals surface area contributed by atoms with Gasteiger partial charge in [0.05, 0.1) is 37.3 Å². The number of nitrogens with zero attached hydrogens (tertiary/aromatic N) is 3. The van der Waals surface area contributed by atoms with E-state index in [0.717, 1.165) is 7.05 Å². The number of hydrogen-bond donors (Lipinski definition) is 4. The lowest BCUT2D eigenvalue weighted by Crippen LogP contribution is -2.54. The Balaban J connectivity index is 1.51. The van der Waals surface area contributed by atoms with Crippen LogP contribution in [0.15, 0.2) is 41.7 Å². The summed E-state index contributed by atoms with van der Waals surface area (Å²) in [7, 11) is 2.08. The van der Waals surface area contributed by atoms with Crippen molar-refractivity contribution in [2.45, 2.75) is 70.7 Å². The number of likely N-dealkylation sites (tertiary alicyclic amines) is 1. The zero-order chi connectivity index (χ0) is 40.2. The monoisotopic (exact) mass is 775 g/mol. The molecule has 2 aromatic carbocycles. The Hall–Kier alpha value is -4.68. The van der Waals surface area contributed by atoms with Crippen molar-refractivity contribution in [2.75, 3.05) is 47.5 Å². The van der Waals surface area contributed by atoms with Crippen LogP contribution in [0, 0.1) is 11.3 Å². The maximum absolute atomic E-state index is 14.9. The average Bonchev–Trinajstić information content (AvgIpc) is 3.55. The molecule has 3 aliphatic rings. The van der Waals surface area contributed by atoms with Crippen LogP contribution in [0.25, 0.3) is 0 Å². The normalized spacial score (nSPS) is 21.7. The van der Waals surface area contributed by atoms with E-state index in [2.05, 4.69) is 0 Å². The molecule has 6 N–H and O–H groups in total. The third-order valence-corrected chi connectivity index (χ3v) is 10.9. The van der Waals surface area contributed by atoms with Gasteiger partial charge in [-0.2, -0.15) is 13.2 Å². The second-order valence-electron chi connectivity index (χ2n) is 14.4. The highest BCUT2D eigenvalue weighted by Crippen LogP contribution is 2.46. The highest BCUT2D eigenvalue weighted by molar-refractivity contribution is 6.59. The number of methoxy groups -OCH3 is 2. The van der Waals surface area contributed by atoms with E-state index in [1.807, 2.05) is 0 Å². The molecule has 1 saturated carbocycles. The van der Waals surface area contributed by atoms with Crippen molar-refractivity contribution in [3.63, 3.8) is 0 Å². The van der Waals surface area contributed by atoms with Crippen molar-refractivity contribution in [2.24, 2.45) is 22.9 Å². The van der Waals surface area contributed by atoms with E-state index >= 15 is 0 Å². The third kappa shape index (κ3) is 8.76. The predicted octanol–water partition coefficient (Wildman–Crippen LogP) is 2.29. The van der Waals surface area contributed by atoms with E-state index in [-0.39, 0.29) is 49.1 Å². The van der Waals surface area contributed by atoms with Gasteiger partial charge in [0.15, 0.2) is 5.70 Å². The largest absolute Gasteiger partial charge is 0.497 e. The van der Waals surface area contributed by atoms with Gasteiger partial charge < -0.3 is 49.5 Å². The molecule has 0 aromatic heterocycles. The zero-order valence-corrected chi connectivity index (χ0v) is 31.5. The molecule has 2 aliphatic heterocycles. The second-order valence-corrected chi connectivity index (χ2v) is 14.4. The Morgan fingerprint density at radius 3 is 2.42 bits per heavy atom. The number of nitrogens with two attached hydrogens (primary N) is 2. The van der Waals surface area contributed by atoms with Gasteiger partial charge in [0.1, 0.15) is 30.5 Å². The molecule has 18 heteroatoms. The number of rotatable bonds is 13. The van der Waals surface area contributed by atoms with Crippen molar-refractivity contribution in [3.8, 4) is 17.2 Å². The number of amides is 2. The summed E-state index contributed by atoms with van der Waals surface area (Å²) in [5, 5.41) is 21.1. The van der Waals surface area contributed by atoms with Crippen LogP contribution in [0.3, 0.4) is 0 Å². The molecular weight excluding hydrogens is 726 g/mol. The Morgan fingerprint density at radius 2 is 1.80 bits per heavy atom. The first kappa shape index (κ1) is 41.5. The van der Waals surface area contributed by atoms with E-state index in [1.165, 1.54) is 26.4 Å². The zero-order valence-electron chi connectivity index (χ0n) is 31.5. The van der Waals surface area contributed by atoms with E-state index in [4.69, 9.17) is 30.5 Å². The minimum atomic E-state index is -4.89. The summed E-state index contributed by atoms with van der Waals surface area (Å²) in [6, 6.07) is 6.96. The van der Waals surface area contributed by atoms with Crippen LogP contribution in [0.1, 0.15) is 68.2 Å². The number of allylic oxidation sites excluding steroid dienone is 1. The Kier molecular flexibility index (Phi) is 12.8. The summed E-state index contributed by atoms with van der Waals surface area (Å²) in [5.74, 6) is 4.63. The van der Waals surface area contributed by atoms with Gasteiger partial charge in [-0.05, 0) is 61.8 Å². The summed E-state index contributed by atoms with van der Waals surface area (Å²) < 4.78 is 64.0. The molecule has 300 valence electrons. The van der Waals surface area contributed by atoms with Gasteiger partial charge >= 0.3 is 19.3 Å². The number of ether oxygens (including phenoxy) is 4. The maximum atomic E-state index is 14.9. The van der Waals surface area contributed by atoms with Crippen LogP contribution in [0.4, 0.5) is 13.2 Å². The quantitative estimate of drug-likeness (QED) is 0.101. The molecular formula is C37H49BF3N5O9. The van der Waals surface area contributed by atoms with Crippen LogP contribution in [0.5, 0.6) is 17.2 Å². The van der Waals surface area contributed by atoms with Crippen LogP contribution in [0.2, 0.25) is 0 Å². The summed E-state index contributed by atoms with van der Waals surface area (Å²) in [4.78, 5) is 45.1. The molecule has 2 fully saturated rings. The third-order valence-electron chi connectivity index (χ3n) is 10.9. The van der Waals surface area contributed by atoms with E-state index in [1.54, 1.807) is 34.9 Å². The van der Waals surface area contributed by atoms with Gasteiger partial charge in [0.2, 0.25) is 11.8 Å². The molecule has 0 spiro atoms. The maximum Gasteiger partial charge on any atom is 0.488 e. The fourth-order valence-corrected chi connectivity index (χ4v) is 8.06. The van der Waals surface area contributed by atoms with Crippen molar-refractivity contribution in [1.29, 1.82) is 0 Å². The smallest absolute Gasteiger partial charge is 0.488 e. The highest BCUT2D eigenvalue weighted by atomic mass is 19.4. The molecule has 0 bridgehead atoms. The van der Waals surface area contributed by atoms with Crippen molar-refractivity contribution in [3.05, 3.63) is 58.4 Å². The van der Waals surface area contributed by atoms with Gasteiger partial charge in [-0.25, -0.2) is 5.84 Å². The van der Waals surface area contributed by atoms with Gasteiger partial charge in [-0.1, -0.05) is 18.9 Å². The Morgan fingerprint density at radius 1 is 1.05 bits per heavy atom. The second kappa shape index (κ2) is 17.0. The molecule has 2 aromatic rings. The minimum absolute atomic E-state index is 0.00524. The van der Waals surface area contributed by atoms with Crippen LogP contribution < -0.4 is 31.2 Å². The standard InChI is InChI=1S/C37H49BF3N5O9/c1-36(35(49)55-20-22-10-11-23(52-3)18-30(22)53-4)15-6-5-8-25(36)34(48)46-17-14-24-26(38(50)51)12-13-29(32(24)28(46)19-45-16-7-9-31(45)47)54-21-27(42)33(44(2)43)37(39,40)41/h10-13,18,25,28,50-51H,5-9,14-17,19-21,42-43H2,1-4H3/b33-27-/t25-,28?,36-/m0/s1. The lowest BCUT2D eigenvalue weighted by atomic mass is 9.66. The molecule has 5 rings (SSSR count). The van der Waals surface area contributed by atoms with Crippen molar-refractivity contribution < 1.29 is 56.6 Å². The molecule has 2 heterocycles. The molecule has 14 nitrogen and oxygen atoms in total. The minimum Gasteiger partial charge on any atom is -0.497 e. The van der Waals surface area contributed by atoms with Crippen LogP contribution in [-0.4, -0.2) is 103 Å². The topological polar surface area (TPSA) is 190 Å². The van der Waals surface area contributed by atoms with E-state index in [0.29, 0.717) is 78.3 Å². The fourth-order valence-electron chi connectivity index (χ4n) is 8.06. The number of alkyl halides is 3. The first-order valence-corrected chi connectivity index (χ1v) is 18.2. The lowest BCUT2D eigenvalue weighted by molar-refractivity contribution is -0.169. The fraction of sp³-hybridized carbons (Fsp3) is 0.541. The summed E-state index contributed by atoms with van der Waals surface area (Å²) in [5.41, 5.74) is 4.07. The average molecular weight is 776 g/mol. The summed E-state index contributed by atoms with van der Waals surface area (Å²) in [6.07, 6.45) is -1.79. The van der Waals surface area contributed by atoms with Crippen molar-refractivity contribution in [1.82, 2.24) is 14.8 Å². The number of carbonyl (C=O) groups excluding carboxylic acids is 3. The Bertz CT molecular complexity index is 1790. The number of carbonyl (C=O) groups is 3. The van der Waals surface area contributed by atoms with Gasteiger partial charge in [-0.3, -0.25) is 14.4 Å². The van der Waals surface area contributed by atoms with Crippen LogP contribution >= 0.6 is 0 Å². The SMILES string of the molecule is COc1ccc(COC(=O)[C@@]2(C)CCCC[C@H]2C(=O)N2CCc3c(B(O)O)ccc(OC/C(N)=C(/N(C)N)C(F)(F)F)c3C2CN2CCCC2=O)c(OC)c1. The van der Waals surface area contributed by atoms with Crippen molar-refractivity contribution >= 4 is 30.4 Å². The molecule has 2 amide bonds. The van der Waals surface area contributed by atoms with Gasteiger partial charge in [0, 0.05) is 50.3 Å². The first-order valence-electron chi connectivity index (χ1n) is 18.2. The molecule has 3 atom stereocenters. The Labute approximate surface area is 318 Å². The number of esters is 1. The van der Waals surface area contributed by atoms with E-state index in [9.17, 15) is 37.6 Å². The summed E-state index contributed by atoms with van der Waals surface area (Å²) in [6.45, 7) is 1.34. The number of benzene rings is 2. The number of hydrazine groups is 1. The lowest BCUT2D eigenvalue weighted by Gasteiger charge is -2.45. The number of hydrogen-bond acceptors (Lipinski definition) is 12. The molecule has 1 aliphatic carbocycles. The van der Waals surface area contributed by atoms with Gasteiger partial charge in [0.25, 0.3) is 0 Å². The number of fused-ring (bicyclic) bond motifs is 1.